The molecule has 32 heavy (non-hydrogen) atoms. The Balaban J connectivity index is 0.00000245. The van der Waals surface area contributed by atoms with Crippen molar-refractivity contribution in [2.24, 2.45) is 7.05 Å². The van der Waals surface area contributed by atoms with Crippen molar-refractivity contribution in [3.05, 3.63) is 24.3 Å². The summed E-state index contributed by atoms with van der Waals surface area (Å²) < 4.78 is 2.34. The van der Waals surface area contributed by atoms with E-state index in [1.54, 1.807) is 0 Å². The maximum Gasteiger partial charge on any atom is 0.233 e. The molecule has 0 aliphatic carbocycles. The lowest BCUT2D eigenvalue weighted by atomic mass is 10.1. The van der Waals surface area contributed by atoms with Gasteiger partial charge in [0, 0.05) is 64.5 Å². The first-order valence-electron chi connectivity index (χ1n) is 11.9. The van der Waals surface area contributed by atoms with Gasteiger partial charge in [-0.25, -0.2) is 4.98 Å². The number of hydrogen-bond acceptors (Lipinski definition) is 5. The summed E-state index contributed by atoms with van der Waals surface area (Å²) in [5.41, 5.74) is 9.88. The van der Waals surface area contributed by atoms with Crippen LogP contribution >= 0.6 is 0 Å². The zero-order valence-corrected chi connectivity index (χ0v) is 22.2. The maximum absolute atomic E-state index is 5.18. The Morgan fingerprint density at radius 1 is 0.625 bits per heavy atom. The number of nitrogens with zero attached hydrogens (tertiary/aromatic N) is 6. The highest BCUT2D eigenvalue weighted by Crippen LogP contribution is 2.38. The molecule has 2 aliphatic heterocycles. The predicted octanol–water partition coefficient (Wildman–Crippen LogP) is 0.549. The van der Waals surface area contributed by atoms with E-state index in [0.717, 1.165) is 63.4 Å². The van der Waals surface area contributed by atoms with Gasteiger partial charge in [0.2, 0.25) is 11.0 Å². The van der Waals surface area contributed by atoms with Gasteiger partial charge in [-0.3, -0.25) is 0 Å². The second kappa shape index (κ2) is 9.08. The molecular formula is C25H35IN6. The molecule has 3 aromatic rings. The van der Waals surface area contributed by atoms with Gasteiger partial charge in [0.05, 0.1) is 22.7 Å². The molecule has 3 heterocycles. The van der Waals surface area contributed by atoms with Gasteiger partial charge in [-0.1, -0.05) is 0 Å². The monoisotopic (exact) mass is 546 g/mol. The first kappa shape index (κ1) is 23.1. The van der Waals surface area contributed by atoms with Crippen LogP contribution in [0.25, 0.3) is 22.1 Å². The van der Waals surface area contributed by atoms with Crippen molar-refractivity contribution < 1.29 is 28.5 Å². The molecule has 2 aromatic carbocycles. The fourth-order valence-electron chi connectivity index (χ4n) is 5.38. The minimum absolute atomic E-state index is 0. The standard InChI is InChI=1S/C25H35N6.HI/c1-6-28-10-12-30(8-3)24-16-20-18(14-22(24)28)26-19-15-23-25(17-21(19)27(20)5)31(9-4)13-11-29(23)7-2;/h14-17H,6-13H2,1-5H3;1H/q+1;/p-1. The Bertz CT molecular complexity index is 1060. The fourth-order valence-corrected chi connectivity index (χ4v) is 5.38. The summed E-state index contributed by atoms with van der Waals surface area (Å²) >= 11 is 0. The average Bonchev–Trinajstić information content (AvgIpc) is 2.80. The Kier molecular flexibility index (Phi) is 6.56. The summed E-state index contributed by atoms with van der Waals surface area (Å²) in [6.45, 7) is 17.4. The van der Waals surface area contributed by atoms with E-state index in [1.807, 2.05) is 0 Å². The number of fused-ring (bicyclic) bond motifs is 4. The SMILES string of the molecule is CCN1CCN(CC)c2cc3c(cc21)nc1cc2c(cc1[n+]3C)N(CC)CCN2CC.[I-]. The lowest BCUT2D eigenvalue weighted by Crippen LogP contribution is -3.00. The van der Waals surface area contributed by atoms with E-state index in [9.17, 15) is 0 Å². The van der Waals surface area contributed by atoms with Crippen LogP contribution in [0.15, 0.2) is 24.3 Å². The Morgan fingerprint density at radius 3 is 1.25 bits per heavy atom. The third-order valence-electron chi connectivity index (χ3n) is 7.28. The number of likely N-dealkylation sites (N-methyl/N-ethyl adjacent to an activating group) is 4. The van der Waals surface area contributed by atoms with Gasteiger partial charge >= 0.3 is 0 Å². The zero-order valence-electron chi connectivity index (χ0n) is 20.0. The van der Waals surface area contributed by atoms with E-state index >= 15 is 0 Å². The molecule has 0 saturated heterocycles. The van der Waals surface area contributed by atoms with E-state index in [2.05, 4.69) is 83.2 Å². The molecule has 0 fully saturated rings. The molecule has 0 N–H and O–H groups in total. The van der Waals surface area contributed by atoms with Gasteiger partial charge in [-0.15, -0.1) is 0 Å². The van der Waals surface area contributed by atoms with E-state index < -0.39 is 0 Å². The quantitative estimate of drug-likeness (QED) is 0.271. The number of rotatable bonds is 4. The highest BCUT2D eigenvalue weighted by molar-refractivity contribution is 5.94. The largest absolute Gasteiger partial charge is 1.00 e. The summed E-state index contributed by atoms with van der Waals surface area (Å²) in [5, 5.41) is 0. The average molecular weight is 547 g/mol. The van der Waals surface area contributed by atoms with Crippen LogP contribution in [-0.2, 0) is 7.05 Å². The van der Waals surface area contributed by atoms with Gasteiger partial charge in [-0.05, 0) is 39.8 Å². The number of hydrogen-bond donors (Lipinski definition) is 0. The van der Waals surface area contributed by atoms with Gasteiger partial charge in [0.25, 0.3) is 0 Å². The van der Waals surface area contributed by atoms with Gasteiger partial charge in [0.15, 0.2) is 0 Å². The molecule has 7 heteroatoms. The first-order valence-corrected chi connectivity index (χ1v) is 11.9. The summed E-state index contributed by atoms with van der Waals surface area (Å²) in [5.74, 6) is 0. The molecule has 172 valence electrons. The van der Waals surface area contributed by atoms with Crippen LogP contribution in [-0.4, -0.2) is 57.3 Å². The third-order valence-corrected chi connectivity index (χ3v) is 7.28. The molecule has 1 aromatic heterocycles. The lowest BCUT2D eigenvalue weighted by molar-refractivity contribution is -0.617. The highest BCUT2D eigenvalue weighted by Gasteiger charge is 2.27. The number of halogens is 1. The third kappa shape index (κ3) is 3.53. The van der Waals surface area contributed by atoms with Crippen molar-refractivity contribution in [2.45, 2.75) is 27.7 Å². The molecule has 6 nitrogen and oxygen atoms in total. The smallest absolute Gasteiger partial charge is 0.233 e. The predicted molar refractivity (Wildman–Crippen MR) is 132 cm³/mol. The maximum atomic E-state index is 5.18. The molecule has 5 rings (SSSR count). The van der Waals surface area contributed by atoms with Crippen molar-refractivity contribution in [1.29, 1.82) is 0 Å². The van der Waals surface area contributed by atoms with Crippen LogP contribution in [0.2, 0.25) is 0 Å². The molecule has 0 unspecified atom stereocenters. The van der Waals surface area contributed by atoms with E-state index in [1.165, 1.54) is 33.8 Å². The molecular weight excluding hydrogens is 511 g/mol. The van der Waals surface area contributed by atoms with Crippen LogP contribution in [0.4, 0.5) is 22.7 Å². The number of benzene rings is 2. The molecule has 0 amide bonds. The van der Waals surface area contributed by atoms with E-state index in [-0.39, 0.29) is 24.0 Å². The summed E-state index contributed by atoms with van der Waals surface area (Å²) in [6, 6.07) is 9.34. The summed E-state index contributed by atoms with van der Waals surface area (Å²) in [7, 11) is 2.19. The summed E-state index contributed by atoms with van der Waals surface area (Å²) in [6.07, 6.45) is 0. The van der Waals surface area contributed by atoms with Crippen molar-refractivity contribution >= 4 is 44.8 Å². The number of anilines is 4. The Labute approximate surface area is 208 Å². The molecule has 0 spiro atoms. The molecule has 0 atom stereocenters. The topological polar surface area (TPSA) is 29.7 Å². The minimum Gasteiger partial charge on any atom is -1.00 e. The van der Waals surface area contributed by atoms with Gasteiger partial charge in [0.1, 0.15) is 18.1 Å². The molecule has 2 aliphatic rings. The van der Waals surface area contributed by atoms with Crippen molar-refractivity contribution in [1.82, 2.24) is 4.98 Å². The summed E-state index contributed by atoms with van der Waals surface area (Å²) in [4.78, 5) is 15.1. The minimum atomic E-state index is 0. The van der Waals surface area contributed by atoms with Gasteiger partial charge < -0.3 is 43.6 Å². The molecule has 0 saturated carbocycles. The molecule has 0 radical (unpaired) electrons. The van der Waals surface area contributed by atoms with Crippen molar-refractivity contribution in [2.75, 3.05) is 72.0 Å². The van der Waals surface area contributed by atoms with E-state index in [4.69, 9.17) is 4.98 Å². The van der Waals surface area contributed by atoms with Crippen LogP contribution in [0.5, 0.6) is 0 Å². The second-order valence-corrected chi connectivity index (χ2v) is 8.65. The highest BCUT2D eigenvalue weighted by atomic mass is 127. The lowest BCUT2D eigenvalue weighted by Gasteiger charge is -2.38. The first-order chi connectivity index (χ1) is 15.1. The Morgan fingerprint density at radius 2 is 0.938 bits per heavy atom. The molecule has 0 bridgehead atoms. The van der Waals surface area contributed by atoms with Crippen LogP contribution < -0.4 is 48.1 Å². The number of aryl methyl sites for hydroxylation is 1. The van der Waals surface area contributed by atoms with Crippen molar-refractivity contribution in [3.63, 3.8) is 0 Å². The van der Waals surface area contributed by atoms with Crippen LogP contribution in [0.3, 0.4) is 0 Å². The second-order valence-electron chi connectivity index (χ2n) is 8.65. The zero-order chi connectivity index (χ0) is 21.7. The van der Waals surface area contributed by atoms with Crippen LogP contribution in [0, 0.1) is 0 Å². The van der Waals surface area contributed by atoms with E-state index in [0.29, 0.717) is 0 Å². The van der Waals surface area contributed by atoms with Crippen molar-refractivity contribution in [3.8, 4) is 0 Å². The fraction of sp³-hybridized carbons (Fsp3) is 0.520. The normalized spacial score (nSPS) is 15.8. The van der Waals surface area contributed by atoms with Crippen LogP contribution in [0.1, 0.15) is 27.7 Å². The Hall–Kier alpha value is -2.03. The van der Waals surface area contributed by atoms with Gasteiger partial charge in [-0.2, -0.15) is 4.57 Å². The number of aromatic nitrogens is 2.